The van der Waals surface area contributed by atoms with Gasteiger partial charge in [-0.25, -0.2) is 0 Å². The number of hydrogen-bond acceptors (Lipinski definition) is 6. The van der Waals surface area contributed by atoms with Crippen LogP contribution >= 0.6 is 0 Å². The zero-order valence-corrected chi connectivity index (χ0v) is 44.3. The molecular formula is C62H104O6. The van der Waals surface area contributed by atoms with Crippen molar-refractivity contribution in [1.29, 1.82) is 0 Å². The first kappa shape index (κ1) is 64.3. The van der Waals surface area contributed by atoms with Crippen molar-refractivity contribution in [2.75, 3.05) is 13.2 Å². The van der Waals surface area contributed by atoms with Gasteiger partial charge in [-0.2, -0.15) is 0 Å². The van der Waals surface area contributed by atoms with Crippen LogP contribution in [0, 0.1) is 0 Å². The molecule has 0 aliphatic carbocycles. The topological polar surface area (TPSA) is 78.9 Å². The van der Waals surface area contributed by atoms with Crippen LogP contribution < -0.4 is 0 Å². The summed E-state index contributed by atoms with van der Waals surface area (Å²) in [6, 6.07) is 0. The molecule has 0 aliphatic heterocycles. The molecule has 0 spiro atoms. The molecule has 6 heteroatoms. The van der Waals surface area contributed by atoms with Crippen molar-refractivity contribution in [2.45, 2.75) is 264 Å². The minimum atomic E-state index is -0.798. The number of esters is 3. The van der Waals surface area contributed by atoms with Gasteiger partial charge in [-0.3, -0.25) is 14.4 Å². The lowest BCUT2D eigenvalue weighted by Crippen LogP contribution is -2.30. The summed E-state index contributed by atoms with van der Waals surface area (Å²) >= 11 is 0. The molecule has 0 N–H and O–H groups in total. The van der Waals surface area contributed by atoms with Crippen LogP contribution in [-0.2, 0) is 28.6 Å². The molecule has 0 aliphatic rings. The number of ether oxygens (including phenoxy) is 3. The third kappa shape index (κ3) is 53.3. The largest absolute Gasteiger partial charge is 0.462 e. The zero-order valence-electron chi connectivity index (χ0n) is 44.3. The number of carbonyl (C=O) groups is 3. The van der Waals surface area contributed by atoms with Crippen molar-refractivity contribution in [1.82, 2.24) is 0 Å². The molecule has 0 amide bonds. The Bertz CT molecular complexity index is 1360. The molecule has 0 aromatic heterocycles. The first-order valence-corrected chi connectivity index (χ1v) is 28.3. The van der Waals surface area contributed by atoms with E-state index in [1.807, 2.05) is 72.9 Å². The Labute approximate surface area is 419 Å². The molecule has 0 saturated carbocycles. The van der Waals surface area contributed by atoms with Crippen LogP contribution in [0.1, 0.15) is 258 Å². The van der Waals surface area contributed by atoms with E-state index in [-0.39, 0.29) is 31.1 Å². The van der Waals surface area contributed by atoms with Crippen LogP contribution in [0.2, 0.25) is 0 Å². The Morgan fingerprint density at radius 1 is 0.309 bits per heavy atom. The molecule has 0 saturated heterocycles. The molecule has 0 bridgehead atoms. The molecule has 1 unspecified atom stereocenters. The summed E-state index contributed by atoms with van der Waals surface area (Å²) in [6.45, 7) is 6.46. The minimum absolute atomic E-state index is 0.0927. The Balaban J connectivity index is 4.49. The van der Waals surface area contributed by atoms with Crippen LogP contribution in [-0.4, -0.2) is 37.2 Å². The van der Waals surface area contributed by atoms with Crippen molar-refractivity contribution >= 4 is 17.9 Å². The molecule has 0 fully saturated rings. The lowest BCUT2D eigenvalue weighted by molar-refractivity contribution is -0.167. The third-order valence-electron chi connectivity index (χ3n) is 12.0. The maximum absolute atomic E-state index is 12.9. The molecule has 0 rings (SSSR count). The fourth-order valence-corrected chi connectivity index (χ4v) is 7.77. The summed E-state index contributed by atoms with van der Waals surface area (Å²) in [4.78, 5) is 38.1. The molecule has 0 heterocycles. The van der Waals surface area contributed by atoms with Crippen LogP contribution in [0.15, 0.2) is 97.2 Å². The van der Waals surface area contributed by atoms with E-state index in [1.54, 1.807) is 0 Å². The Kier molecular flexibility index (Phi) is 52.9. The fraction of sp³-hybridized carbons (Fsp3) is 0.694. The first-order chi connectivity index (χ1) is 33.5. The van der Waals surface area contributed by atoms with Gasteiger partial charge in [-0.15, -0.1) is 0 Å². The monoisotopic (exact) mass is 945 g/mol. The SMILES string of the molecule is CC\C=C/C=C\C=C/C=C\C=C\C=C/C=C\CCCCCC(=O)OCC(COC(=O)CCCCCCCCCCCCCCCC)OC(=O)CCCCCCCCC/C=C\CCCCCCCC. The number of allylic oxidation sites excluding steroid dienone is 16. The van der Waals surface area contributed by atoms with Gasteiger partial charge in [0.15, 0.2) is 6.10 Å². The average molecular weight is 946 g/mol. The smallest absolute Gasteiger partial charge is 0.306 e. The van der Waals surface area contributed by atoms with E-state index in [1.165, 1.54) is 148 Å². The van der Waals surface area contributed by atoms with Crippen molar-refractivity contribution in [3.05, 3.63) is 97.2 Å². The number of rotatable bonds is 50. The van der Waals surface area contributed by atoms with E-state index in [4.69, 9.17) is 14.2 Å². The van der Waals surface area contributed by atoms with Crippen LogP contribution in [0.3, 0.4) is 0 Å². The molecule has 6 nitrogen and oxygen atoms in total. The van der Waals surface area contributed by atoms with E-state index in [0.29, 0.717) is 19.3 Å². The maximum atomic E-state index is 12.9. The number of hydrogen-bond donors (Lipinski definition) is 0. The lowest BCUT2D eigenvalue weighted by Gasteiger charge is -2.18. The minimum Gasteiger partial charge on any atom is -0.462 e. The second kappa shape index (κ2) is 55.9. The van der Waals surface area contributed by atoms with Gasteiger partial charge in [0.05, 0.1) is 0 Å². The summed E-state index contributed by atoms with van der Waals surface area (Å²) < 4.78 is 16.8. The normalized spacial score (nSPS) is 12.8. The molecule has 0 aromatic rings. The first-order valence-electron chi connectivity index (χ1n) is 28.3. The van der Waals surface area contributed by atoms with Crippen molar-refractivity contribution in [3.63, 3.8) is 0 Å². The van der Waals surface area contributed by atoms with E-state index < -0.39 is 6.10 Å². The highest BCUT2D eigenvalue weighted by atomic mass is 16.6. The van der Waals surface area contributed by atoms with Crippen molar-refractivity contribution in [2.24, 2.45) is 0 Å². The average Bonchev–Trinajstić information content (AvgIpc) is 3.34. The van der Waals surface area contributed by atoms with Gasteiger partial charge in [0.1, 0.15) is 13.2 Å². The second-order valence-electron chi connectivity index (χ2n) is 18.7. The summed E-state index contributed by atoms with van der Waals surface area (Å²) in [5.74, 6) is -0.939. The van der Waals surface area contributed by atoms with Gasteiger partial charge in [-0.1, -0.05) is 272 Å². The van der Waals surface area contributed by atoms with E-state index >= 15 is 0 Å². The highest BCUT2D eigenvalue weighted by molar-refractivity contribution is 5.71. The number of carbonyl (C=O) groups excluding carboxylic acids is 3. The van der Waals surface area contributed by atoms with Crippen molar-refractivity contribution in [3.8, 4) is 0 Å². The standard InChI is InChI=1S/C62H104O6/c1-4-7-10-13-16-19-22-25-28-30-31-33-34-37-40-43-46-49-52-55-61(64)67-58-59(57-66-60(63)54-51-48-45-42-39-36-27-24-21-18-15-12-9-6-3)68-62(65)56-53-50-47-44-41-38-35-32-29-26-23-20-17-14-11-8-5-2/h7,10,13,16,19,22,25-26,28-31,33-34,37,40,59H,4-6,8-9,11-12,14-15,17-18,20-21,23-24,27,32,35-36,38-39,41-58H2,1-3H3/b10-7-,16-13-,22-19-,28-25-,29-26-,31-30+,34-33-,40-37-. The predicted molar refractivity (Wildman–Crippen MR) is 293 cm³/mol. The van der Waals surface area contributed by atoms with Gasteiger partial charge in [0, 0.05) is 19.3 Å². The molecule has 68 heavy (non-hydrogen) atoms. The maximum Gasteiger partial charge on any atom is 0.306 e. The molecule has 0 radical (unpaired) electrons. The second-order valence-corrected chi connectivity index (χ2v) is 18.7. The predicted octanol–water partition coefficient (Wildman–Crippen LogP) is 18.9. The Morgan fingerprint density at radius 3 is 0.956 bits per heavy atom. The molecule has 388 valence electrons. The van der Waals surface area contributed by atoms with Gasteiger partial charge in [0.25, 0.3) is 0 Å². The highest BCUT2D eigenvalue weighted by Gasteiger charge is 2.19. The Morgan fingerprint density at radius 2 is 0.588 bits per heavy atom. The van der Waals surface area contributed by atoms with Crippen molar-refractivity contribution < 1.29 is 28.6 Å². The van der Waals surface area contributed by atoms with E-state index in [0.717, 1.165) is 70.6 Å². The number of unbranched alkanes of at least 4 members (excludes halogenated alkanes) is 29. The lowest BCUT2D eigenvalue weighted by atomic mass is 10.0. The summed E-state index contributed by atoms with van der Waals surface area (Å²) in [5.41, 5.74) is 0. The van der Waals surface area contributed by atoms with E-state index in [2.05, 4.69) is 45.1 Å². The third-order valence-corrected chi connectivity index (χ3v) is 12.0. The molecular weight excluding hydrogens is 841 g/mol. The quantitative estimate of drug-likeness (QED) is 0.0199. The van der Waals surface area contributed by atoms with Gasteiger partial charge < -0.3 is 14.2 Å². The Hall–Kier alpha value is -3.67. The zero-order chi connectivity index (χ0) is 49.3. The van der Waals surface area contributed by atoms with Gasteiger partial charge in [-0.05, 0) is 64.2 Å². The summed E-state index contributed by atoms with van der Waals surface area (Å²) in [7, 11) is 0. The highest BCUT2D eigenvalue weighted by Crippen LogP contribution is 2.15. The van der Waals surface area contributed by atoms with Crippen LogP contribution in [0.5, 0.6) is 0 Å². The van der Waals surface area contributed by atoms with Crippen LogP contribution in [0.4, 0.5) is 0 Å². The summed E-state index contributed by atoms with van der Waals surface area (Å²) in [5, 5.41) is 0. The molecule has 1 atom stereocenters. The fourth-order valence-electron chi connectivity index (χ4n) is 7.77. The van der Waals surface area contributed by atoms with Crippen LogP contribution in [0.25, 0.3) is 0 Å². The van der Waals surface area contributed by atoms with Gasteiger partial charge in [0.2, 0.25) is 0 Å². The molecule has 0 aromatic carbocycles. The van der Waals surface area contributed by atoms with Gasteiger partial charge >= 0.3 is 17.9 Å². The van der Waals surface area contributed by atoms with E-state index in [9.17, 15) is 14.4 Å². The summed E-state index contributed by atoms with van der Waals surface area (Å²) in [6.07, 6.45) is 73.9.